The van der Waals surface area contributed by atoms with Gasteiger partial charge in [0.2, 0.25) is 10.0 Å². The van der Waals surface area contributed by atoms with E-state index in [9.17, 15) is 8.42 Å². The van der Waals surface area contributed by atoms with Gasteiger partial charge in [-0.2, -0.15) is 4.31 Å². The molecule has 0 amide bonds. The van der Waals surface area contributed by atoms with Crippen molar-refractivity contribution in [1.82, 2.24) is 4.31 Å². The molecule has 2 aromatic rings. The molecule has 122 valence electrons. The lowest BCUT2D eigenvalue weighted by Crippen LogP contribution is -2.42. The third kappa shape index (κ3) is 3.48. The number of nitrogens with zero attached hydrogens (tertiary/aromatic N) is 1. The van der Waals surface area contributed by atoms with Crippen molar-refractivity contribution in [3.8, 4) is 11.1 Å². The molecule has 0 N–H and O–H groups in total. The quantitative estimate of drug-likeness (QED) is 0.853. The molecular formula is C19H23NO2S. The fourth-order valence-corrected chi connectivity index (χ4v) is 5.08. The molecule has 4 heteroatoms. The molecule has 1 fully saturated rings. The smallest absolute Gasteiger partial charge is 0.207 e. The van der Waals surface area contributed by atoms with E-state index in [0.717, 1.165) is 17.5 Å². The van der Waals surface area contributed by atoms with Gasteiger partial charge in [-0.05, 0) is 41.5 Å². The average Bonchev–Trinajstić information content (AvgIpc) is 2.55. The van der Waals surface area contributed by atoms with Crippen molar-refractivity contribution in [3.05, 3.63) is 54.6 Å². The summed E-state index contributed by atoms with van der Waals surface area (Å²) >= 11 is 0. The number of sulfonamides is 1. The molecule has 0 radical (unpaired) electrons. The summed E-state index contributed by atoms with van der Waals surface area (Å²) in [4.78, 5) is 0.387. The zero-order valence-electron chi connectivity index (χ0n) is 13.6. The van der Waals surface area contributed by atoms with E-state index in [1.807, 2.05) is 42.5 Å². The van der Waals surface area contributed by atoms with Gasteiger partial charge in [-0.15, -0.1) is 0 Å². The molecule has 3 nitrogen and oxygen atoms in total. The lowest BCUT2D eigenvalue weighted by atomic mass is 9.94. The van der Waals surface area contributed by atoms with E-state index in [0.29, 0.717) is 29.8 Å². The van der Waals surface area contributed by atoms with Gasteiger partial charge in [0.1, 0.15) is 0 Å². The topological polar surface area (TPSA) is 37.4 Å². The predicted octanol–water partition coefficient (Wildman–Crippen LogP) is 4.02. The Morgan fingerprint density at radius 2 is 1.35 bits per heavy atom. The van der Waals surface area contributed by atoms with Gasteiger partial charge >= 0.3 is 0 Å². The van der Waals surface area contributed by atoms with Crippen molar-refractivity contribution < 1.29 is 8.42 Å². The van der Waals surface area contributed by atoms with Gasteiger partial charge in [0.25, 0.3) is 0 Å². The lowest BCUT2D eigenvalue weighted by molar-refractivity contribution is 0.222. The van der Waals surface area contributed by atoms with Crippen LogP contribution in [-0.2, 0) is 10.0 Å². The Labute approximate surface area is 139 Å². The summed E-state index contributed by atoms with van der Waals surface area (Å²) in [5, 5.41) is 0. The normalized spacial score (nSPS) is 22.9. The number of benzene rings is 2. The highest BCUT2D eigenvalue weighted by molar-refractivity contribution is 7.89. The molecule has 3 rings (SSSR count). The van der Waals surface area contributed by atoms with Crippen molar-refractivity contribution in [3.63, 3.8) is 0 Å². The highest BCUT2D eigenvalue weighted by Gasteiger charge is 2.31. The molecule has 0 bridgehead atoms. The second-order valence-corrected chi connectivity index (χ2v) is 8.60. The number of hydrogen-bond donors (Lipinski definition) is 0. The molecule has 0 aromatic heterocycles. The third-order valence-corrected chi connectivity index (χ3v) is 6.28. The van der Waals surface area contributed by atoms with Gasteiger partial charge in [0.05, 0.1) is 4.90 Å². The number of piperidine rings is 1. The first-order valence-corrected chi connectivity index (χ1v) is 9.56. The zero-order valence-corrected chi connectivity index (χ0v) is 14.5. The summed E-state index contributed by atoms with van der Waals surface area (Å²) in [6.07, 6.45) is 1.10. The maximum absolute atomic E-state index is 12.9. The molecule has 0 unspecified atom stereocenters. The van der Waals surface area contributed by atoms with Crippen LogP contribution in [-0.4, -0.2) is 25.8 Å². The summed E-state index contributed by atoms with van der Waals surface area (Å²) in [7, 11) is -3.39. The van der Waals surface area contributed by atoms with Gasteiger partial charge in [-0.25, -0.2) is 8.42 Å². The lowest BCUT2D eigenvalue weighted by Gasteiger charge is -2.34. The molecule has 0 spiro atoms. The highest BCUT2D eigenvalue weighted by Crippen LogP contribution is 2.28. The van der Waals surface area contributed by atoms with E-state index < -0.39 is 10.0 Å². The van der Waals surface area contributed by atoms with Crippen LogP contribution in [0, 0.1) is 11.8 Å². The SMILES string of the molecule is C[C@@H]1C[C@@H](C)CN(S(=O)(=O)c2ccc(-c3ccccc3)cc2)C1. The Hall–Kier alpha value is -1.65. The Morgan fingerprint density at radius 1 is 0.826 bits per heavy atom. The van der Waals surface area contributed by atoms with Crippen molar-refractivity contribution in [2.24, 2.45) is 11.8 Å². The standard InChI is InChI=1S/C19H23NO2S/c1-15-12-16(2)14-20(13-15)23(21,22)19-10-8-18(9-11-19)17-6-4-3-5-7-17/h3-11,15-16H,12-14H2,1-2H3/t15-,16-/m1/s1. The zero-order chi connectivity index (χ0) is 16.4. The van der Waals surface area contributed by atoms with Crippen LogP contribution >= 0.6 is 0 Å². The van der Waals surface area contributed by atoms with Gasteiger partial charge in [0.15, 0.2) is 0 Å². The molecule has 0 saturated carbocycles. The minimum absolute atomic E-state index is 0.387. The maximum atomic E-state index is 12.9. The largest absolute Gasteiger partial charge is 0.243 e. The van der Waals surface area contributed by atoms with Crippen molar-refractivity contribution in [2.45, 2.75) is 25.2 Å². The summed E-state index contributed by atoms with van der Waals surface area (Å²) in [6, 6.07) is 17.2. The molecule has 1 heterocycles. The minimum atomic E-state index is -3.39. The van der Waals surface area contributed by atoms with Crippen LogP contribution in [0.5, 0.6) is 0 Å². The van der Waals surface area contributed by atoms with Crippen LogP contribution in [0.3, 0.4) is 0 Å². The number of hydrogen-bond acceptors (Lipinski definition) is 2. The van der Waals surface area contributed by atoms with E-state index in [1.165, 1.54) is 0 Å². The van der Waals surface area contributed by atoms with Crippen molar-refractivity contribution in [2.75, 3.05) is 13.1 Å². The Morgan fingerprint density at radius 3 is 1.91 bits per heavy atom. The predicted molar refractivity (Wildman–Crippen MR) is 93.6 cm³/mol. The molecule has 2 aromatic carbocycles. The first-order chi connectivity index (χ1) is 11.0. The Bertz CT molecular complexity index is 744. The molecule has 0 aliphatic carbocycles. The van der Waals surface area contributed by atoms with Crippen LogP contribution in [0.4, 0.5) is 0 Å². The van der Waals surface area contributed by atoms with E-state index in [1.54, 1.807) is 16.4 Å². The van der Waals surface area contributed by atoms with Gasteiger partial charge < -0.3 is 0 Å². The minimum Gasteiger partial charge on any atom is -0.207 e. The first kappa shape index (κ1) is 16.2. The summed E-state index contributed by atoms with van der Waals surface area (Å²) in [5.74, 6) is 0.828. The maximum Gasteiger partial charge on any atom is 0.243 e. The van der Waals surface area contributed by atoms with Crippen molar-refractivity contribution in [1.29, 1.82) is 0 Å². The first-order valence-electron chi connectivity index (χ1n) is 8.12. The fourth-order valence-electron chi connectivity index (χ4n) is 3.40. The second-order valence-electron chi connectivity index (χ2n) is 6.66. The van der Waals surface area contributed by atoms with E-state index >= 15 is 0 Å². The highest BCUT2D eigenvalue weighted by atomic mass is 32.2. The van der Waals surface area contributed by atoms with Gasteiger partial charge in [-0.3, -0.25) is 0 Å². The molecule has 1 aliphatic heterocycles. The van der Waals surface area contributed by atoms with Crippen LogP contribution in [0.15, 0.2) is 59.5 Å². The molecular weight excluding hydrogens is 306 g/mol. The number of rotatable bonds is 3. The Kier molecular flexibility index (Phi) is 4.55. The molecule has 1 saturated heterocycles. The summed E-state index contributed by atoms with van der Waals surface area (Å²) < 4.78 is 27.3. The van der Waals surface area contributed by atoms with E-state index in [-0.39, 0.29) is 0 Å². The average molecular weight is 329 g/mol. The summed E-state index contributed by atoms with van der Waals surface area (Å²) in [5.41, 5.74) is 2.13. The van der Waals surface area contributed by atoms with Crippen LogP contribution in [0.1, 0.15) is 20.3 Å². The van der Waals surface area contributed by atoms with E-state index in [2.05, 4.69) is 13.8 Å². The fraction of sp³-hybridized carbons (Fsp3) is 0.368. The van der Waals surface area contributed by atoms with E-state index in [4.69, 9.17) is 0 Å². The second kappa shape index (κ2) is 6.46. The summed E-state index contributed by atoms with van der Waals surface area (Å²) in [6.45, 7) is 5.48. The Balaban J connectivity index is 1.86. The van der Waals surface area contributed by atoms with Crippen LogP contribution < -0.4 is 0 Å². The van der Waals surface area contributed by atoms with Gasteiger partial charge in [0, 0.05) is 13.1 Å². The molecule has 2 atom stereocenters. The monoisotopic (exact) mass is 329 g/mol. The van der Waals surface area contributed by atoms with Crippen LogP contribution in [0.2, 0.25) is 0 Å². The van der Waals surface area contributed by atoms with Gasteiger partial charge in [-0.1, -0.05) is 56.3 Å². The van der Waals surface area contributed by atoms with Crippen molar-refractivity contribution >= 4 is 10.0 Å². The third-order valence-electron chi connectivity index (χ3n) is 4.43. The molecule has 23 heavy (non-hydrogen) atoms. The molecule has 1 aliphatic rings. The van der Waals surface area contributed by atoms with Crippen LogP contribution in [0.25, 0.3) is 11.1 Å².